The summed E-state index contributed by atoms with van der Waals surface area (Å²) >= 11 is 1.63. The maximum Gasteiger partial charge on any atom is 0.243 e. The number of carbonyl (C=O) groups excluding carboxylic acids is 1. The Kier molecular flexibility index (Phi) is 11.7. The Hall–Kier alpha value is -1.88. The van der Waals surface area contributed by atoms with Gasteiger partial charge in [-0.05, 0) is 30.0 Å². The average Bonchev–Trinajstić information content (AvgIpc) is 3.19. The topological polar surface area (TPSA) is 78.8 Å². The van der Waals surface area contributed by atoms with Gasteiger partial charge in [0, 0.05) is 26.0 Å². The molecular weight excluding hydrogens is 513 g/mol. The smallest absolute Gasteiger partial charge is 0.243 e. The summed E-state index contributed by atoms with van der Waals surface area (Å²) in [5.41, 5.74) is 2.30. The van der Waals surface area contributed by atoms with Crippen molar-refractivity contribution in [2.75, 3.05) is 34.3 Å². The van der Waals surface area contributed by atoms with Crippen LogP contribution < -0.4 is 15.4 Å². The van der Waals surface area contributed by atoms with Gasteiger partial charge in [0.2, 0.25) is 5.91 Å². The molecular formula is C21H32IN5O2S. The summed E-state index contributed by atoms with van der Waals surface area (Å²) in [7, 11) is 5.11. The van der Waals surface area contributed by atoms with Crippen LogP contribution in [0.25, 0.3) is 0 Å². The molecule has 0 saturated carbocycles. The molecule has 0 saturated heterocycles. The van der Waals surface area contributed by atoms with E-state index in [-0.39, 0.29) is 36.4 Å². The van der Waals surface area contributed by atoms with Crippen LogP contribution in [0.15, 0.2) is 34.6 Å². The summed E-state index contributed by atoms with van der Waals surface area (Å²) in [6.07, 6.45) is 0.834. The maximum atomic E-state index is 11.9. The van der Waals surface area contributed by atoms with Gasteiger partial charge in [-0.25, -0.2) is 9.98 Å². The Morgan fingerprint density at radius 3 is 2.50 bits per heavy atom. The van der Waals surface area contributed by atoms with Crippen LogP contribution in [-0.2, 0) is 17.8 Å². The van der Waals surface area contributed by atoms with Crippen molar-refractivity contribution >= 4 is 47.2 Å². The molecule has 9 heteroatoms. The van der Waals surface area contributed by atoms with Crippen LogP contribution in [-0.4, -0.2) is 56.0 Å². The van der Waals surface area contributed by atoms with E-state index in [2.05, 4.69) is 39.8 Å². The number of guanidine groups is 1. The van der Waals surface area contributed by atoms with E-state index in [1.807, 2.05) is 24.3 Å². The second-order valence-electron chi connectivity index (χ2n) is 7.15. The van der Waals surface area contributed by atoms with Crippen molar-refractivity contribution in [1.82, 2.24) is 20.5 Å². The minimum absolute atomic E-state index is 0. The van der Waals surface area contributed by atoms with Gasteiger partial charge in [0.1, 0.15) is 17.3 Å². The molecule has 0 radical (unpaired) electrons. The quantitative estimate of drug-likeness (QED) is 0.288. The highest BCUT2D eigenvalue weighted by Crippen LogP contribution is 2.17. The molecule has 0 aliphatic heterocycles. The number of halogens is 1. The van der Waals surface area contributed by atoms with E-state index in [0.29, 0.717) is 25.0 Å². The number of hydrogen-bond acceptors (Lipinski definition) is 5. The number of thiazole rings is 1. The van der Waals surface area contributed by atoms with Gasteiger partial charge >= 0.3 is 0 Å². The first kappa shape index (κ1) is 26.2. The summed E-state index contributed by atoms with van der Waals surface area (Å²) in [4.78, 5) is 22.5. The lowest BCUT2D eigenvalue weighted by atomic mass is 10.1. The van der Waals surface area contributed by atoms with Crippen molar-refractivity contribution in [3.05, 3.63) is 45.9 Å². The zero-order chi connectivity index (χ0) is 21.2. The second kappa shape index (κ2) is 13.4. The van der Waals surface area contributed by atoms with E-state index < -0.39 is 0 Å². The van der Waals surface area contributed by atoms with Gasteiger partial charge < -0.3 is 20.3 Å². The number of ether oxygens (including phenoxy) is 1. The summed E-state index contributed by atoms with van der Waals surface area (Å²) in [6.45, 7) is 5.63. The fourth-order valence-electron chi connectivity index (χ4n) is 2.41. The molecule has 0 fully saturated rings. The zero-order valence-electron chi connectivity index (χ0n) is 18.3. The van der Waals surface area contributed by atoms with Gasteiger partial charge in [0.15, 0.2) is 5.96 Å². The normalized spacial score (nSPS) is 11.1. The van der Waals surface area contributed by atoms with E-state index in [1.165, 1.54) is 10.5 Å². The number of hydrogen-bond donors (Lipinski definition) is 2. The molecule has 1 aromatic carbocycles. The zero-order valence-corrected chi connectivity index (χ0v) is 21.4. The van der Waals surface area contributed by atoms with Gasteiger partial charge in [-0.3, -0.25) is 4.79 Å². The lowest BCUT2D eigenvalue weighted by molar-refractivity contribution is -0.127. The number of nitrogens with zero attached hydrogens (tertiary/aromatic N) is 3. The lowest BCUT2D eigenvalue weighted by Crippen LogP contribution is -2.39. The molecule has 2 aromatic rings. The van der Waals surface area contributed by atoms with Crippen LogP contribution in [0.1, 0.15) is 36.0 Å². The number of rotatable bonds is 9. The second-order valence-corrected chi connectivity index (χ2v) is 8.09. The molecule has 166 valence electrons. The van der Waals surface area contributed by atoms with Crippen molar-refractivity contribution in [2.45, 2.75) is 32.7 Å². The van der Waals surface area contributed by atoms with Crippen molar-refractivity contribution in [3.63, 3.8) is 0 Å². The highest BCUT2D eigenvalue weighted by molar-refractivity contribution is 14.0. The van der Waals surface area contributed by atoms with Crippen molar-refractivity contribution in [2.24, 2.45) is 4.99 Å². The number of benzene rings is 1. The Labute approximate surface area is 200 Å². The molecule has 1 heterocycles. The van der Waals surface area contributed by atoms with Crippen molar-refractivity contribution < 1.29 is 9.53 Å². The number of carbonyl (C=O) groups is 1. The molecule has 0 unspecified atom stereocenters. The third kappa shape index (κ3) is 8.86. The first-order valence-corrected chi connectivity index (χ1v) is 10.6. The van der Waals surface area contributed by atoms with E-state index in [4.69, 9.17) is 4.74 Å². The first-order valence-electron chi connectivity index (χ1n) is 9.68. The highest BCUT2D eigenvalue weighted by atomic mass is 127. The Balaban J connectivity index is 0.00000450. The first-order chi connectivity index (χ1) is 13.9. The monoisotopic (exact) mass is 545 g/mol. The maximum absolute atomic E-state index is 11.9. The van der Waals surface area contributed by atoms with Crippen molar-refractivity contribution in [1.29, 1.82) is 0 Å². The predicted octanol–water partition coefficient (Wildman–Crippen LogP) is 3.26. The number of aliphatic imine (C=N–C) groups is 1. The van der Waals surface area contributed by atoms with Crippen LogP contribution in [0.4, 0.5) is 0 Å². The SMILES string of the molecule is COc1ccc(CCNC(=NCC(=O)N(C)C)NCc2nc(C(C)C)cs2)cc1.I. The Morgan fingerprint density at radius 1 is 1.23 bits per heavy atom. The minimum atomic E-state index is -0.0439. The van der Waals surface area contributed by atoms with E-state index in [1.54, 1.807) is 32.5 Å². The molecule has 0 spiro atoms. The minimum Gasteiger partial charge on any atom is -0.497 e. The Bertz CT molecular complexity index is 806. The summed E-state index contributed by atoms with van der Waals surface area (Å²) < 4.78 is 5.19. The third-order valence-corrected chi connectivity index (χ3v) is 5.17. The fourth-order valence-corrected chi connectivity index (χ4v) is 3.31. The van der Waals surface area contributed by atoms with Crippen LogP contribution in [0, 0.1) is 0 Å². The summed E-state index contributed by atoms with van der Waals surface area (Å²) in [5, 5.41) is 9.67. The Morgan fingerprint density at radius 2 is 1.93 bits per heavy atom. The number of likely N-dealkylation sites (N-methyl/N-ethyl adjacent to an activating group) is 1. The number of amides is 1. The summed E-state index contributed by atoms with van der Waals surface area (Å²) in [6, 6.07) is 7.99. The number of nitrogens with one attached hydrogen (secondary N) is 2. The number of methoxy groups -OCH3 is 1. The molecule has 0 aliphatic rings. The molecule has 0 atom stereocenters. The number of aromatic nitrogens is 1. The predicted molar refractivity (Wildman–Crippen MR) is 134 cm³/mol. The molecule has 2 N–H and O–H groups in total. The molecule has 1 amide bonds. The molecule has 2 rings (SSSR count). The van der Waals surface area contributed by atoms with Gasteiger partial charge in [0.25, 0.3) is 0 Å². The standard InChI is InChI=1S/C21H31N5O2S.HI/c1-15(2)18-14-29-19(25-18)12-23-21(24-13-20(27)26(3)4)22-11-10-16-6-8-17(28-5)9-7-16;/h6-9,14-15H,10-13H2,1-5H3,(H2,22,23,24);1H. The average molecular weight is 545 g/mol. The lowest BCUT2D eigenvalue weighted by Gasteiger charge is -2.13. The largest absolute Gasteiger partial charge is 0.497 e. The van der Waals surface area contributed by atoms with Gasteiger partial charge in [-0.2, -0.15) is 0 Å². The molecule has 0 bridgehead atoms. The van der Waals surface area contributed by atoms with Crippen LogP contribution in [0.2, 0.25) is 0 Å². The molecule has 1 aromatic heterocycles. The van der Waals surface area contributed by atoms with Gasteiger partial charge in [-0.1, -0.05) is 26.0 Å². The fraction of sp³-hybridized carbons (Fsp3) is 0.476. The van der Waals surface area contributed by atoms with E-state index >= 15 is 0 Å². The molecule has 0 aliphatic carbocycles. The van der Waals surface area contributed by atoms with Crippen molar-refractivity contribution in [3.8, 4) is 5.75 Å². The van der Waals surface area contributed by atoms with E-state index in [0.717, 1.165) is 22.9 Å². The van der Waals surface area contributed by atoms with Gasteiger partial charge in [0.05, 0.1) is 19.3 Å². The van der Waals surface area contributed by atoms with Crippen LogP contribution in [0.5, 0.6) is 5.75 Å². The van der Waals surface area contributed by atoms with E-state index in [9.17, 15) is 4.79 Å². The van der Waals surface area contributed by atoms with Crippen LogP contribution in [0.3, 0.4) is 0 Å². The highest BCUT2D eigenvalue weighted by Gasteiger charge is 2.08. The summed E-state index contributed by atoms with van der Waals surface area (Å²) in [5.74, 6) is 1.82. The molecule has 7 nitrogen and oxygen atoms in total. The van der Waals surface area contributed by atoms with Gasteiger partial charge in [-0.15, -0.1) is 35.3 Å². The molecule has 30 heavy (non-hydrogen) atoms. The third-order valence-electron chi connectivity index (χ3n) is 4.30. The van der Waals surface area contributed by atoms with Crippen LogP contribution >= 0.6 is 35.3 Å².